The summed E-state index contributed by atoms with van der Waals surface area (Å²) >= 11 is 0. The number of carboxylic acid groups (broad SMARTS) is 2. The number of hydrogen-bond acceptors (Lipinski definition) is 6. The van der Waals surface area contributed by atoms with E-state index in [4.69, 9.17) is 14.8 Å². The van der Waals surface area contributed by atoms with E-state index in [2.05, 4.69) is 0 Å². The van der Waals surface area contributed by atoms with Crippen LogP contribution in [0.2, 0.25) is 0 Å². The second-order valence-corrected chi connectivity index (χ2v) is 5.15. The first-order chi connectivity index (χ1) is 8.54. The molecule has 0 saturated carbocycles. The van der Waals surface area contributed by atoms with Crippen molar-refractivity contribution in [2.75, 3.05) is 0 Å². The summed E-state index contributed by atoms with van der Waals surface area (Å²) < 4.78 is 31.6. The predicted molar refractivity (Wildman–Crippen MR) is 57.2 cm³/mol. The molecule has 0 spiro atoms. The quantitative estimate of drug-likeness (QED) is 0.426. The van der Waals surface area contributed by atoms with Crippen molar-refractivity contribution < 1.29 is 43.0 Å². The smallest absolute Gasteiger partial charge is 0.349 e. The molecule has 0 amide bonds. The number of hydrogen-bond donors (Lipinski definition) is 5. The van der Waals surface area contributed by atoms with Crippen molar-refractivity contribution in [2.45, 2.75) is 11.3 Å². The third-order valence-electron chi connectivity index (χ3n) is 2.35. The van der Waals surface area contributed by atoms with Gasteiger partial charge in [-0.3, -0.25) is 13.9 Å². The van der Waals surface area contributed by atoms with Gasteiger partial charge in [0.1, 0.15) is 0 Å². The molecule has 1 aromatic heterocycles. The third-order valence-corrected chi connectivity index (χ3v) is 3.71. The summed E-state index contributed by atoms with van der Waals surface area (Å²) in [5, 5.41) is 36.3. The number of aromatic nitrogens is 1. The Hall–Kier alpha value is -2.27. The summed E-state index contributed by atoms with van der Waals surface area (Å²) in [7, 11) is -5.53. The molecule has 5 N–H and O–H groups in total. The van der Waals surface area contributed by atoms with Crippen molar-refractivity contribution in [3.05, 3.63) is 12.1 Å². The first kappa shape index (κ1) is 14.8. The van der Waals surface area contributed by atoms with Gasteiger partial charge >= 0.3 is 22.1 Å². The van der Waals surface area contributed by atoms with E-state index >= 15 is 0 Å². The first-order valence-corrected chi connectivity index (χ1v) is 6.00. The number of aliphatic carboxylic acids is 2. The Morgan fingerprint density at radius 1 is 1.16 bits per heavy atom. The highest BCUT2D eigenvalue weighted by molar-refractivity contribution is 7.87. The number of nitrogens with zero attached hydrogens (tertiary/aromatic N) is 1. The zero-order valence-corrected chi connectivity index (χ0v) is 9.90. The molecule has 0 radical (unpaired) electrons. The molecular weight excluding hydrogens is 286 g/mol. The van der Waals surface area contributed by atoms with Crippen molar-refractivity contribution in [1.82, 2.24) is 4.57 Å². The molecule has 106 valence electrons. The van der Waals surface area contributed by atoms with Gasteiger partial charge in [-0.25, -0.2) is 4.79 Å². The van der Waals surface area contributed by atoms with Crippen LogP contribution in [0.4, 0.5) is 0 Å². The molecule has 1 rings (SSSR count). The summed E-state index contributed by atoms with van der Waals surface area (Å²) in [5.41, 5.74) is 0. The fourth-order valence-corrected chi connectivity index (χ4v) is 2.50. The first-order valence-electron chi connectivity index (χ1n) is 4.56. The fraction of sp³-hybridized carbons (Fsp3) is 0.250. The summed E-state index contributed by atoms with van der Waals surface area (Å²) in [6, 6.07) is 1.47. The van der Waals surface area contributed by atoms with Gasteiger partial charge in [0.05, 0.1) is 6.42 Å². The van der Waals surface area contributed by atoms with Crippen LogP contribution >= 0.6 is 0 Å². The third kappa shape index (κ3) is 2.20. The van der Waals surface area contributed by atoms with Crippen LogP contribution in [-0.4, -0.2) is 49.9 Å². The normalized spacial score (nSPS) is 14.8. The van der Waals surface area contributed by atoms with Crippen LogP contribution in [0.25, 0.3) is 0 Å². The molecule has 0 saturated heterocycles. The van der Waals surface area contributed by atoms with Crippen LogP contribution in [-0.2, 0) is 24.6 Å². The molecular formula is C8H9NO9S. The van der Waals surface area contributed by atoms with E-state index in [1.165, 1.54) is 0 Å². The molecule has 1 heterocycles. The minimum Gasteiger partial charge on any atom is -0.494 e. The molecule has 1 unspecified atom stereocenters. The van der Waals surface area contributed by atoms with Crippen LogP contribution in [0.5, 0.6) is 11.8 Å². The molecule has 10 nitrogen and oxygen atoms in total. The standard InChI is InChI=1S/C8H9NO9S/c10-4-1-2-5(11)9(4)8(7(14)15,3-6(12)13)19(16,17)18/h1-2,10-11H,3H2,(H,12,13)(H,14,15)(H,16,17,18). The van der Waals surface area contributed by atoms with Gasteiger partial charge in [0.2, 0.25) is 0 Å². The Bertz CT molecular complexity index is 611. The minimum absolute atomic E-state index is 0.0984. The molecule has 19 heavy (non-hydrogen) atoms. The average Bonchev–Trinajstić information content (AvgIpc) is 2.53. The maximum Gasteiger partial charge on any atom is 0.349 e. The Morgan fingerprint density at radius 3 is 1.84 bits per heavy atom. The molecule has 1 aromatic rings. The molecule has 0 aliphatic rings. The van der Waals surface area contributed by atoms with Gasteiger partial charge in [-0.1, -0.05) is 0 Å². The van der Waals surface area contributed by atoms with E-state index in [-0.39, 0.29) is 4.57 Å². The zero-order valence-electron chi connectivity index (χ0n) is 9.09. The van der Waals surface area contributed by atoms with Crippen molar-refractivity contribution in [2.24, 2.45) is 0 Å². The van der Waals surface area contributed by atoms with Gasteiger partial charge in [0, 0.05) is 12.1 Å². The van der Waals surface area contributed by atoms with E-state index in [1.54, 1.807) is 0 Å². The van der Waals surface area contributed by atoms with Gasteiger partial charge in [0.25, 0.3) is 4.87 Å². The van der Waals surface area contributed by atoms with Gasteiger partial charge in [0.15, 0.2) is 11.8 Å². The van der Waals surface area contributed by atoms with Crippen LogP contribution in [0.15, 0.2) is 12.1 Å². The van der Waals surface area contributed by atoms with Crippen molar-refractivity contribution in [3.8, 4) is 11.8 Å². The van der Waals surface area contributed by atoms with Crippen LogP contribution in [0, 0.1) is 0 Å². The molecule has 11 heteroatoms. The number of carboxylic acids is 2. The summed E-state index contributed by atoms with van der Waals surface area (Å²) in [6.07, 6.45) is -1.61. The molecule has 0 fully saturated rings. The summed E-state index contributed by atoms with van der Waals surface area (Å²) in [6.45, 7) is 0. The molecule has 0 bridgehead atoms. The maximum absolute atomic E-state index is 11.3. The highest BCUT2D eigenvalue weighted by Gasteiger charge is 2.56. The zero-order chi connectivity index (χ0) is 15.0. The maximum atomic E-state index is 11.3. The number of carbonyl (C=O) groups is 2. The Balaban J connectivity index is 3.78. The lowest BCUT2D eigenvalue weighted by molar-refractivity contribution is -0.150. The monoisotopic (exact) mass is 295 g/mol. The molecule has 0 aromatic carbocycles. The SMILES string of the molecule is O=C(O)CC(C(=O)O)(n1c(O)ccc1O)S(=O)(=O)O. The Kier molecular flexibility index (Phi) is 3.45. The second-order valence-electron chi connectivity index (χ2n) is 3.52. The predicted octanol–water partition coefficient (Wildman–Crippen LogP) is -1.00. The van der Waals surface area contributed by atoms with Crippen molar-refractivity contribution in [1.29, 1.82) is 0 Å². The Morgan fingerprint density at radius 2 is 1.58 bits per heavy atom. The van der Waals surface area contributed by atoms with Crippen LogP contribution in [0.3, 0.4) is 0 Å². The van der Waals surface area contributed by atoms with E-state index in [0.717, 1.165) is 12.1 Å². The van der Waals surface area contributed by atoms with Gasteiger partial charge in [-0.2, -0.15) is 8.42 Å². The summed E-state index contributed by atoms with van der Waals surface area (Å²) in [4.78, 5) is 18.4. The van der Waals surface area contributed by atoms with E-state index < -0.39 is 45.1 Å². The molecule has 0 aliphatic heterocycles. The highest BCUT2D eigenvalue weighted by atomic mass is 32.2. The van der Waals surface area contributed by atoms with Crippen LogP contribution < -0.4 is 0 Å². The van der Waals surface area contributed by atoms with Gasteiger partial charge < -0.3 is 20.4 Å². The second kappa shape index (κ2) is 4.44. The summed E-state index contributed by atoms with van der Waals surface area (Å²) in [5.74, 6) is -6.25. The topological polar surface area (TPSA) is 174 Å². The fourth-order valence-electron chi connectivity index (χ4n) is 1.56. The van der Waals surface area contributed by atoms with Gasteiger partial charge in [-0.05, 0) is 0 Å². The molecule has 1 atom stereocenters. The minimum atomic E-state index is -5.53. The molecule has 0 aliphatic carbocycles. The van der Waals surface area contributed by atoms with E-state index in [9.17, 15) is 28.2 Å². The van der Waals surface area contributed by atoms with Crippen molar-refractivity contribution in [3.63, 3.8) is 0 Å². The van der Waals surface area contributed by atoms with E-state index in [0.29, 0.717) is 0 Å². The largest absolute Gasteiger partial charge is 0.494 e. The lowest BCUT2D eigenvalue weighted by Gasteiger charge is -2.27. The highest BCUT2D eigenvalue weighted by Crippen LogP contribution is 2.37. The average molecular weight is 295 g/mol. The van der Waals surface area contributed by atoms with Crippen molar-refractivity contribution >= 4 is 22.1 Å². The lowest BCUT2D eigenvalue weighted by Crippen LogP contribution is -2.49. The van der Waals surface area contributed by atoms with Crippen LogP contribution in [0.1, 0.15) is 6.42 Å². The lowest BCUT2D eigenvalue weighted by atomic mass is 10.2. The number of aromatic hydroxyl groups is 2. The Labute approximate surface area is 105 Å². The number of rotatable bonds is 5. The van der Waals surface area contributed by atoms with Gasteiger partial charge in [-0.15, -0.1) is 0 Å². The van der Waals surface area contributed by atoms with E-state index in [1.807, 2.05) is 0 Å².